The standard InChI is InChI=1S/C16H21N3O2/c1-13(18-20)3-4-15-5-7-16(8-6-15)21-12-11-19-10-9-17-14(19)2/h5-10,20H,3-4,11-12H2,1-2H3. The second-order valence-corrected chi connectivity index (χ2v) is 5.00. The predicted octanol–water partition coefficient (Wildman–Crippen LogP) is 3.05. The first-order valence-electron chi connectivity index (χ1n) is 7.06. The summed E-state index contributed by atoms with van der Waals surface area (Å²) in [4.78, 5) is 4.18. The molecule has 1 aromatic heterocycles. The molecule has 0 fully saturated rings. The van der Waals surface area contributed by atoms with Gasteiger partial charge in [-0.25, -0.2) is 4.98 Å². The zero-order chi connectivity index (χ0) is 15.1. The third-order valence-corrected chi connectivity index (χ3v) is 3.39. The lowest BCUT2D eigenvalue weighted by Gasteiger charge is -2.09. The number of oxime groups is 1. The minimum atomic E-state index is 0.618. The highest BCUT2D eigenvalue weighted by Crippen LogP contribution is 2.14. The van der Waals surface area contributed by atoms with Gasteiger partial charge in [-0.05, 0) is 44.4 Å². The monoisotopic (exact) mass is 287 g/mol. The van der Waals surface area contributed by atoms with Crippen LogP contribution in [-0.4, -0.2) is 27.1 Å². The van der Waals surface area contributed by atoms with Crippen molar-refractivity contribution in [2.45, 2.75) is 33.2 Å². The van der Waals surface area contributed by atoms with E-state index in [9.17, 15) is 0 Å². The number of hydrogen-bond donors (Lipinski definition) is 1. The third-order valence-electron chi connectivity index (χ3n) is 3.39. The van der Waals surface area contributed by atoms with Gasteiger partial charge in [0.1, 0.15) is 18.2 Å². The summed E-state index contributed by atoms with van der Waals surface area (Å²) in [7, 11) is 0. The van der Waals surface area contributed by atoms with E-state index < -0.39 is 0 Å². The minimum Gasteiger partial charge on any atom is -0.492 e. The molecule has 0 aliphatic rings. The number of nitrogens with zero attached hydrogens (tertiary/aromatic N) is 3. The van der Waals surface area contributed by atoms with Crippen LogP contribution in [0.15, 0.2) is 41.8 Å². The van der Waals surface area contributed by atoms with Crippen LogP contribution in [0.5, 0.6) is 5.75 Å². The molecule has 21 heavy (non-hydrogen) atoms. The van der Waals surface area contributed by atoms with Crippen molar-refractivity contribution in [1.29, 1.82) is 0 Å². The molecule has 2 aromatic rings. The lowest BCUT2D eigenvalue weighted by molar-refractivity contribution is 0.297. The van der Waals surface area contributed by atoms with Crippen LogP contribution in [0.3, 0.4) is 0 Å². The molecule has 0 spiro atoms. The molecular weight excluding hydrogens is 266 g/mol. The van der Waals surface area contributed by atoms with Crippen molar-refractivity contribution < 1.29 is 9.94 Å². The first kappa shape index (κ1) is 15.1. The fourth-order valence-corrected chi connectivity index (χ4v) is 2.03. The van der Waals surface area contributed by atoms with Crippen molar-refractivity contribution in [2.24, 2.45) is 5.16 Å². The van der Waals surface area contributed by atoms with Gasteiger partial charge >= 0.3 is 0 Å². The molecule has 0 bridgehead atoms. The summed E-state index contributed by atoms with van der Waals surface area (Å²) >= 11 is 0. The summed E-state index contributed by atoms with van der Waals surface area (Å²) in [5, 5.41) is 11.8. The Morgan fingerprint density at radius 3 is 2.71 bits per heavy atom. The maximum atomic E-state index is 8.61. The molecule has 112 valence electrons. The lowest BCUT2D eigenvalue weighted by atomic mass is 10.1. The van der Waals surface area contributed by atoms with Crippen molar-refractivity contribution in [2.75, 3.05) is 6.61 Å². The Bertz CT molecular complexity index is 588. The van der Waals surface area contributed by atoms with E-state index in [-0.39, 0.29) is 0 Å². The second-order valence-electron chi connectivity index (χ2n) is 5.00. The Labute approximate surface area is 124 Å². The molecule has 0 saturated heterocycles. The number of rotatable bonds is 7. The van der Waals surface area contributed by atoms with Gasteiger partial charge in [0.05, 0.1) is 12.3 Å². The highest BCUT2D eigenvalue weighted by molar-refractivity contribution is 5.81. The van der Waals surface area contributed by atoms with E-state index in [4.69, 9.17) is 9.94 Å². The number of hydrogen-bond acceptors (Lipinski definition) is 4. The molecule has 0 amide bonds. The average molecular weight is 287 g/mol. The maximum Gasteiger partial charge on any atom is 0.119 e. The van der Waals surface area contributed by atoms with E-state index in [1.54, 1.807) is 6.20 Å². The van der Waals surface area contributed by atoms with Gasteiger partial charge < -0.3 is 14.5 Å². The Hall–Kier alpha value is -2.30. The molecule has 0 atom stereocenters. The quantitative estimate of drug-likeness (QED) is 0.483. The molecule has 0 unspecified atom stereocenters. The molecule has 2 rings (SSSR count). The van der Waals surface area contributed by atoms with E-state index >= 15 is 0 Å². The Morgan fingerprint density at radius 1 is 1.33 bits per heavy atom. The van der Waals surface area contributed by atoms with Gasteiger partial charge in [-0.15, -0.1) is 0 Å². The molecule has 5 heteroatoms. The van der Waals surface area contributed by atoms with Crippen LogP contribution in [0, 0.1) is 6.92 Å². The smallest absolute Gasteiger partial charge is 0.119 e. The summed E-state index contributed by atoms with van der Waals surface area (Å²) in [6.07, 6.45) is 5.37. The van der Waals surface area contributed by atoms with Gasteiger partial charge in [0.2, 0.25) is 0 Å². The van der Waals surface area contributed by atoms with Gasteiger partial charge in [-0.3, -0.25) is 0 Å². The average Bonchev–Trinajstić information content (AvgIpc) is 2.91. The lowest BCUT2D eigenvalue weighted by Crippen LogP contribution is -2.08. The zero-order valence-electron chi connectivity index (χ0n) is 12.5. The SMILES string of the molecule is CC(CCc1ccc(OCCn2ccnc2C)cc1)=NO. The summed E-state index contributed by atoms with van der Waals surface area (Å²) in [5.41, 5.74) is 1.95. The summed E-state index contributed by atoms with van der Waals surface area (Å²) < 4.78 is 7.78. The molecule has 0 aliphatic heterocycles. The van der Waals surface area contributed by atoms with Crippen LogP contribution in [0.1, 0.15) is 24.7 Å². The van der Waals surface area contributed by atoms with Gasteiger partial charge in [-0.1, -0.05) is 17.3 Å². The van der Waals surface area contributed by atoms with E-state index in [2.05, 4.69) is 14.7 Å². The van der Waals surface area contributed by atoms with Gasteiger partial charge in [0.25, 0.3) is 0 Å². The predicted molar refractivity (Wildman–Crippen MR) is 82.1 cm³/mol. The highest BCUT2D eigenvalue weighted by atomic mass is 16.5. The Balaban J connectivity index is 1.78. The fraction of sp³-hybridized carbons (Fsp3) is 0.375. The van der Waals surface area contributed by atoms with Crippen LogP contribution in [0.25, 0.3) is 0 Å². The Kier molecular flexibility index (Phi) is 5.37. The summed E-state index contributed by atoms with van der Waals surface area (Å²) in [5.74, 6) is 1.86. The molecule has 0 radical (unpaired) electrons. The van der Waals surface area contributed by atoms with Crippen molar-refractivity contribution in [3.05, 3.63) is 48.0 Å². The van der Waals surface area contributed by atoms with Crippen molar-refractivity contribution in [3.8, 4) is 5.75 Å². The molecule has 1 N–H and O–H groups in total. The number of ether oxygens (including phenoxy) is 1. The van der Waals surface area contributed by atoms with Gasteiger partial charge in [-0.2, -0.15) is 0 Å². The molecule has 0 aliphatic carbocycles. The van der Waals surface area contributed by atoms with E-state index in [1.807, 2.05) is 44.3 Å². The first-order chi connectivity index (χ1) is 10.2. The number of benzene rings is 1. The van der Waals surface area contributed by atoms with E-state index in [1.165, 1.54) is 5.56 Å². The van der Waals surface area contributed by atoms with Crippen molar-refractivity contribution >= 4 is 5.71 Å². The molecule has 5 nitrogen and oxygen atoms in total. The fourth-order valence-electron chi connectivity index (χ4n) is 2.03. The zero-order valence-corrected chi connectivity index (χ0v) is 12.5. The van der Waals surface area contributed by atoms with Gasteiger partial charge in [0, 0.05) is 12.4 Å². The highest BCUT2D eigenvalue weighted by Gasteiger charge is 2.00. The van der Waals surface area contributed by atoms with Crippen LogP contribution in [0.2, 0.25) is 0 Å². The van der Waals surface area contributed by atoms with E-state index in [0.717, 1.165) is 36.7 Å². The molecule has 0 saturated carbocycles. The van der Waals surface area contributed by atoms with Crippen molar-refractivity contribution in [3.63, 3.8) is 0 Å². The maximum absolute atomic E-state index is 8.61. The van der Waals surface area contributed by atoms with Crippen LogP contribution in [-0.2, 0) is 13.0 Å². The number of imidazole rings is 1. The molecule has 1 aromatic carbocycles. The number of aryl methyl sites for hydroxylation is 2. The molecule has 1 heterocycles. The largest absolute Gasteiger partial charge is 0.492 e. The summed E-state index contributed by atoms with van der Waals surface area (Å²) in [6.45, 7) is 5.20. The molecular formula is C16H21N3O2. The van der Waals surface area contributed by atoms with Gasteiger partial charge in [0.15, 0.2) is 0 Å². The normalized spacial score (nSPS) is 11.6. The third kappa shape index (κ3) is 4.63. The van der Waals surface area contributed by atoms with Crippen LogP contribution >= 0.6 is 0 Å². The van der Waals surface area contributed by atoms with Crippen molar-refractivity contribution in [1.82, 2.24) is 9.55 Å². The topological polar surface area (TPSA) is 59.6 Å². The van der Waals surface area contributed by atoms with Crippen LogP contribution < -0.4 is 4.74 Å². The number of aromatic nitrogens is 2. The van der Waals surface area contributed by atoms with E-state index in [0.29, 0.717) is 6.61 Å². The summed E-state index contributed by atoms with van der Waals surface area (Å²) in [6, 6.07) is 8.04. The van der Waals surface area contributed by atoms with Crippen LogP contribution in [0.4, 0.5) is 0 Å². The second kappa shape index (κ2) is 7.47. The first-order valence-corrected chi connectivity index (χ1v) is 7.06. The minimum absolute atomic E-state index is 0.618. The Morgan fingerprint density at radius 2 is 2.10 bits per heavy atom.